The van der Waals surface area contributed by atoms with Gasteiger partial charge in [-0.05, 0) is 36.4 Å². The molecule has 0 saturated carbocycles. The van der Waals surface area contributed by atoms with E-state index in [9.17, 15) is 9.18 Å². The number of anilines is 1. The smallest absolute Gasteiger partial charge is 0.254 e. The number of aromatic nitrogens is 2. The summed E-state index contributed by atoms with van der Waals surface area (Å²) in [5.74, 6) is 1.23. The van der Waals surface area contributed by atoms with E-state index in [4.69, 9.17) is 19.4 Å². The first kappa shape index (κ1) is 20.4. The third-order valence-electron chi connectivity index (χ3n) is 5.64. The van der Waals surface area contributed by atoms with Gasteiger partial charge in [0.2, 0.25) is 11.8 Å². The van der Waals surface area contributed by atoms with Crippen LogP contribution < -0.4 is 9.64 Å². The molecule has 0 bridgehead atoms. The number of carbonyl (C=O) groups excluding carboxylic acids is 1. The van der Waals surface area contributed by atoms with Gasteiger partial charge in [-0.1, -0.05) is 18.2 Å². The molecule has 8 heteroatoms. The quantitative estimate of drug-likeness (QED) is 0.627. The highest BCUT2D eigenvalue weighted by molar-refractivity contribution is 5.94. The fourth-order valence-electron chi connectivity index (χ4n) is 3.91. The molecule has 0 N–H and O–H groups in total. The first-order valence-corrected chi connectivity index (χ1v) is 10.7. The Morgan fingerprint density at radius 2 is 1.72 bits per heavy atom. The molecule has 3 aromatic rings. The van der Waals surface area contributed by atoms with Gasteiger partial charge in [0.25, 0.3) is 5.91 Å². The Bertz CT molecular complexity index is 1100. The van der Waals surface area contributed by atoms with Gasteiger partial charge < -0.3 is 19.3 Å². The van der Waals surface area contributed by atoms with Crippen LogP contribution in [0.25, 0.3) is 0 Å². The molecule has 1 amide bonds. The summed E-state index contributed by atoms with van der Waals surface area (Å²) in [4.78, 5) is 26.4. The van der Waals surface area contributed by atoms with E-state index < -0.39 is 0 Å². The van der Waals surface area contributed by atoms with Crippen LogP contribution in [0.3, 0.4) is 0 Å². The fourth-order valence-corrected chi connectivity index (χ4v) is 3.91. The number of fused-ring (bicyclic) bond motifs is 1. The Balaban J connectivity index is 1.47. The van der Waals surface area contributed by atoms with Gasteiger partial charge in [0, 0.05) is 31.6 Å². The molecule has 0 unspecified atom stereocenters. The van der Waals surface area contributed by atoms with E-state index >= 15 is 0 Å². The van der Waals surface area contributed by atoms with Crippen molar-refractivity contribution in [3.63, 3.8) is 0 Å². The second-order valence-electron chi connectivity index (χ2n) is 7.75. The van der Waals surface area contributed by atoms with E-state index in [0.717, 1.165) is 24.3 Å². The number of amides is 1. The number of carbonyl (C=O) groups is 1. The number of halogens is 1. The van der Waals surface area contributed by atoms with Gasteiger partial charge in [-0.3, -0.25) is 4.79 Å². The Hall–Kier alpha value is -3.52. The van der Waals surface area contributed by atoms with E-state index in [2.05, 4.69) is 4.90 Å². The molecule has 0 aliphatic carbocycles. The van der Waals surface area contributed by atoms with Gasteiger partial charge in [0.05, 0.1) is 31.0 Å². The molecule has 32 heavy (non-hydrogen) atoms. The summed E-state index contributed by atoms with van der Waals surface area (Å²) in [6, 6.07) is 15.1. The van der Waals surface area contributed by atoms with Gasteiger partial charge in [-0.15, -0.1) is 0 Å². The van der Waals surface area contributed by atoms with Crippen molar-refractivity contribution in [2.45, 2.75) is 13.0 Å². The first-order valence-electron chi connectivity index (χ1n) is 10.7. The molecule has 1 fully saturated rings. The van der Waals surface area contributed by atoms with Crippen molar-refractivity contribution in [1.82, 2.24) is 14.9 Å². The summed E-state index contributed by atoms with van der Waals surface area (Å²) in [5.41, 5.74) is 2.13. The monoisotopic (exact) mass is 434 g/mol. The molecule has 2 aromatic carbocycles. The number of benzene rings is 2. The Labute approximate surface area is 185 Å². The summed E-state index contributed by atoms with van der Waals surface area (Å²) in [7, 11) is 0. The zero-order valence-electron chi connectivity index (χ0n) is 17.5. The van der Waals surface area contributed by atoms with Crippen molar-refractivity contribution < 1.29 is 18.7 Å². The highest BCUT2D eigenvalue weighted by Crippen LogP contribution is 2.32. The molecular weight excluding hydrogens is 411 g/mol. The second-order valence-corrected chi connectivity index (χ2v) is 7.75. The van der Waals surface area contributed by atoms with Crippen molar-refractivity contribution in [2.75, 3.05) is 37.7 Å². The summed E-state index contributed by atoms with van der Waals surface area (Å²) >= 11 is 0. The normalized spacial score (nSPS) is 15.9. The summed E-state index contributed by atoms with van der Waals surface area (Å²) < 4.78 is 24.9. The predicted molar refractivity (Wildman–Crippen MR) is 116 cm³/mol. The first-order chi connectivity index (χ1) is 15.7. The predicted octanol–water partition coefficient (Wildman–Crippen LogP) is 3.44. The van der Waals surface area contributed by atoms with Crippen molar-refractivity contribution in [3.05, 3.63) is 77.2 Å². The molecule has 0 atom stereocenters. The van der Waals surface area contributed by atoms with Crippen LogP contribution in [0.15, 0.2) is 54.6 Å². The lowest BCUT2D eigenvalue weighted by atomic mass is 10.1. The van der Waals surface area contributed by atoms with Crippen LogP contribution in [-0.4, -0.2) is 53.6 Å². The van der Waals surface area contributed by atoms with Crippen molar-refractivity contribution >= 4 is 11.9 Å². The van der Waals surface area contributed by atoms with Crippen LogP contribution in [0.2, 0.25) is 0 Å². The Morgan fingerprint density at radius 3 is 2.47 bits per heavy atom. The van der Waals surface area contributed by atoms with Crippen molar-refractivity contribution in [1.29, 1.82) is 0 Å². The highest BCUT2D eigenvalue weighted by atomic mass is 19.1. The van der Waals surface area contributed by atoms with Crippen LogP contribution in [0, 0.1) is 5.82 Å². The molecule has 7 nitrogen and oxygen atoms in total. The average Bonchev–Trinajstić information content (AvgIpc) is 2.85. The highest BCUT2D eigenvalue weighted by Gasteiger charge is 2.28. The molecular formula is C24H23FN4O3. The minimum absolute atomic E-state index is 0.154. The van der Waals surface area contributed by atoms with Gasteiger partial charge in [-0.25, -0.2) is 9.37 Å². The second kappa shape index (κ2) is 8.92. The zero-order chi connectivity index (χ0) is 21.9. The maximum Gasteiger partial charge on any atom is 0.254 e. The maximum absolute atomic E-state index is 13.3. The molecule has 5 rings (SSSR count). The van der Waals surface area contributed by atoms with Crippen LogP contribution in [0.1, 0.15) is 21.6 Å². The molecule has 0 radical (unpaired) electrons. The lowest BCUT2D eigenvalue weighted by Gasteiger charge is -2.32. The van der Waals surface area contributed by atoms with Gasteiger partial charge in [0.15, 0.2) is 0 Å². The minimum atomic E-state index is -0.367. The van der Waals surface area contributed by atoms with Gasteiger partial charge >= 0.3 is 0 Å². The third kappa shape index (κ3) is 4.27. The van der Waals surface area contributed by atoms with Crippen molar-refractivity contribution in [3.8, 4) is 11.6 Å². The van der Waals surface area contributed by atoms with E-state index in [1.54, 1.807) is 4.90 Å². The Morgan fingerprint density at radius 1 is 0.969 bits per heavy atom. The van der Waals surface area contributed by atoms with E-state index in [0.29, 0.717) is 55.9 Å². The van der Waals surface area contributed by atoms with Gasteiger partial charge in [0.1, 0.15) is 11.6 Å². The van der Waals surface area contributed by atoms with Crippen LogP contribution in [-0.2, 0) is 17.7 Å². The number of hydrogen-bond donors (Lipinski definition) is 0. The maximum atomic E-state index is 13.3. The molecule has 1 saturated heterocycles. The average molecular weight is 434 g/mol. The summed E-state index contributed by atoms with van der Waals surface area (Å²) in [6.45, 7) is 3.56. The number of morpholine rings is 1. The molecule has 3 heterocycles. The lowest BCUT2D eigenvalue weighted by Crippen LogP contribution is -2.39. The Kier molecular flexibility index (Phi) is 5.68. The number of nitrogens with zero attached hydrogens (tertiary/aromatic N) is 4. The molecule has 1 aromatic heterocycles. The molecule has 2 aliphatic heterocycles. The zero-order valence-corrected chi connectivity index (χ0v) is 17.5. The number of hydrogen-bond acceptors (Lipinski definition) is 6. The van der Waals surface area contributed by atoms with Crippen LogP contribution >= 0.6 is 0 Å². The largest absolute Gasteiger partial charge is 0.438 e. The standard InChI is InChI=1S/C24H23FN4O3/c25-18-8-6-17(7-9-18)23(30)29-11-10-21-20(16-29)22(32-19-4-2-1-3-5-19)27-24(26-21)28-12-14-31-15-13-28/h1-9H,10-16H2. The van der Waals surface area contributed by atoms with E-state index in [1.165, 1.54) is 24.3 Å². The van der Waals surface area contributed by atoms with Crippen molar-refractivity contribution in [2.24, 2.45) is 0 Å². The number of rotatable bonds is 4. The molecule has 0 spiro atoms. The minimum Gasteiger partial charge on any atom is -0.438 e. The number of para-hydroxylation sites is 1. The molecule has 2 aliphatic rings. The number of ether oxygens (including phenoxy) is 2. The SMILES string of the molecule is O=C(c1ccc(F)cc1)N1CCc2nc(N3CCOCC3)nc(Oc3ccccc3)c2C1. The summed E-state index contributed by atoms with van der Waals surface area (Å²) in [6.07, 6.45) is 0.591. The fraction of sp³-hybridized carbons (Fsp3) is 0.292. The van der Waals surface area contributed by atoms with E-state index in [1.807, 2.05) is 30.3 Å². The summed E-state index contributed by atoms with van der Waals surface area (Å²) in [5, 5.41) is 0. The van der Waals surface area contributed by atoms with Crippen LogP contribution in [0.5, 0.6) is 11.6 Å². The topological polar surface area (TPSA) is 67.8 Å². The third-order valence-corrected chi connectivity index (χ3v) is 5.64. The van der Waals surface area contributed by atoms with Crippen LogP contribution in [0.4, 0.5) is 10.3 Å². The van der Waals surface area contributed by atoms with E-state index in [-0.39, 0.29) is 11.7 Å². The van der Waals surface area contributed by atoms with Gasteiger partial charge in [-0.2, -0.15) is 4.98 Å². The molecule has 164 valence electrons. The lowest BCUT2D eigenvalue weighted by molar-refractivity contribution is 0.0731.